The molecular formula is C122H66N8O4. The van der Waals surface area contributed by atoms with Crippen molar-refractivity contribution in [3.8, 4) is 90.8 Å². The van der Waals surface area contributed by atoms with Crippen molar-refractivity contribution in [2.24, 2.45) is 0 Å². The molecule has 134 heavy (non-hydrogen) atoms. The van der Waals surface area contributed by atoms with E-state index in [1.165, 1.54) is 32.3 Å². The fourth-order valence-electron chi connectivity index (χ4n) is 22.1. The number of hydrogen-bond donors (Lipinski definition) is 0. The highest BCUT2D eigenvalue weighted by atomic mass is 16.3. The van der Waals surface area contributed by atoms with Crippen LogP contribution in [0.1, 0.15) is 0 Å². The normalized spacial score (nSPS) is 12.3. The summed E-state index contributed by atoms with van der Waals surface area (Å²) < 4.78 is 32.9. The Bertz CT molecular complexity index is 10500. The Morgan fingerprint density at radius 1 is 0.164 bits per heavy atom. The molecule has 30 aromatic rings. The number of furan rings is 4. The van der Waals surface area contributed by atoms with Gasteiger partial charge in [-0.2, -0.15) is 0 Å². The number of fused-ring (bicyclic) bond motifs is 30. The van der Waals surface area contributed by atoms with E-state index in [1.54, 1.807) is 0 Å². The summed E-state index contributed by atoms with van der Waals surface area (Å²) in [4.78, 5) is 33.8. The van der Waals surface area contributed by atoms with E-state index < -0.39 is 0 Å². The molecule has 0 amide bonds. The standard InChI is InChI=1S/C122H66N8O4/c1-3-27-73-63-101-95(58-71(73)25-1)108-81-31-9-6-24-69(81)51-56-99(108)129(101)78-53-48-77-62-98(116-112(93(77)65-78)89-36-14-18-44-106(89)134-116)121-125-118(90-39-21-45-107-110(90)87-34-12-16-42-104(87)131-107)127-122(128-121)113-82-32-10-7-23-68(82)50-55-83(113)75-47-46-70-52-57-100-109(92(70)60-75)96-59-72-26-2-4-28-74(72)64-102(96)130(100)79-54-49-76-61-97(115-111(94(76)66-79)88-35-13-17-43-105(88)133-115)120-124-117(86-38-19-29-67-22-5-8-30-80(67)86)123-119(126-120)91-40-20-37-85-84-33-11-15-41-103(84)132-114(85)91/h1-66H. The minimum absolute atomic E-state index is 0.456. The number of rotatable bonds is 9. The molecule has 0 aliphatic rings. The van der Waals surface area contributed by atoms with Gasteiger partial charge in [0.2, 0.25) is 0 Å². The number of nitrogens with zero attached hydrogens (tertiary/aromatic N) is 8. The van der Waals surface area contributed by atoms with Gasteiger partial charge in [0.25, 0.3) is 0 Å². The van der Waals surface area contributed by atoms with E-state index in [9.17, 15) is 0 Å². The third-order valence-corrected chi connectivity index (χ3v) is 28.1. The number of aromatic nitrogens is 8. The molecular weight excluding hydrogens is 1640 g/mol. The molecule has 0 N–H and O–H groups in total. The average Bonchev–Trinajstić information content (AvgIpc) is 1.56. The Morgan fingerprint density at radius 3 is 1.14 bits per heavy atom. The lowest BCUT2D eigenvalue weighted by atomic mass is 9.91. The smallest absolute Gasteiger partial charge is 0.167 e. The average molecular weight is 1710 g/mol. The largest absolute Gasteiger partial charge is 0.456 e. The first-order valence-corrected chi connectivity index (χ1v) is 45.2. The summed E-state index contributed by atoms with van der Waals surface area (Å²) in [5.41, 5.74) is 18.9. The third-order valence-electron chi connectivity index (χ3n) is 28.1. The van der Waals surface area contributed by atoms with E-state index in [1.807, 2.05) is 60.7 Å². The fraction of sp³-hybridized carbons (Fsp3) is 0. The van der Waals surface area contributed by atoms with Gasteiger partial charge in [-0.3, -0.25) is 0 Å². The molecule has 12 nitrogen and oxygen atoms in total. The monoisotopic (exact) mass is 1710 g/mol. The molecule has 0 atom stereocenters. The fourth-order valence-corrected chi connectivity index (χ4v) is 22.1. The first kappa shape index (κ1) is 72.7. The van der Waals surface area contributed by atoms with Crippen LogP contribution in [0.3, 0.4) is 0 Å². The maximum atomic E-state index is 7.33. The summed E-state index contributed by atoms with van der Waals surface area (Å²) in [6.07, 6.45) is 0. The lowest BCUT2D eigenvalue weighted by molar-refractivity contribution is 0.668. The lowest BCUT2D eigenvalue weighted by Gasteiger charge is -2.16. The van der Waals surface area contributed by atoms with Gasteiger partial charge in [0.05, 0.1) is 38.8 Å². The number of hydrogen-bond acceptors (Lipinski definition) is 10. The molecule has 12 heteroatoms. The zero-order valence-electron chi connectivity index (χ0n) is 71.3. The highest BCUT2D eigenvalue weighted by molar-refractivity contribution is 6.29. The number of benzene rings is 22. The molecule has 0 fully saturated rings. The Kier molecular flexibility index (Phi) is 15.0. The van der Waals surface area contributed by atoms with Crippen LogP contribution >= 0.6 is 0 Å². The Morgan fingerprint density at radius 2 is 0.537 bits per heavy atom. The third kappa shape index (κ3) is 10.6. The molecule has 0 aliphatic carbocycles. The zero-order valence-corrected chi connectivity index (χ0v) is 71.3. The maximum absolute atomic E-state index is 7.33. The second-order valence-corrected chi connectivity index (χ2v) is 35.3. The molecule has 8 heterocycles. The first-order valence-electron chi connectivity index (χ1n) is 45.2. The SMILES string of the molecule is c1ccc2cc3c(cc2c1)c1c2ccccc2ccc1n3-c1ccc2cc(-c3nc(-c4c(-c5ccc6ccc7c(c6c5)c5cc6ccccc6cc5n7-c5ccc6cc(-c7nc(-c8cccc9ccccc89)nc(-c8cccc9c8oc8ccccc89)n7)c7oc8ccccc8c7c6c5)ccc5ccccc45)nc(-c4cccc5oc6ccccc6c45)n3)c3oc4ccccc4c3c2c1. The van der Waals surface area contributed by atoms with Gasteiger partial charge >= 0.3 is 0 Å². The van der Waals surface area contributed by atoms with Gasteiger partial charge in [-0.1, -0.05) is 285 Å². The molecule has 0 radical (unpaired) electrons. The van der Waals surface area contributed by atoms with Crippen molar-refractivity contribution in [2.45, 2.75) is 0 Å². The summed E-state index contributed by atoms with van der Waals surface area (Å²) in [6, 6.07) is 143. The van der Waals surface area contributed by atoms with Crippen LogP contribution < -0.4 is 0 Å². The summed E-state index contributed by atoms with van der Waals surface area (Å²) in [6.45, 7) is 0. The quantitative estimate of drug-likeness (QED) is 0.137. The molecule has 0 saturated heterocycles. The Labute approximate surface area is 760 Å². The van der Waals surface area contributed by atoms with Gasteiger partial charge in [-0.25, -0.2) is 29.9 Å². The van der Waals surface area contributed by atoms with E-state index in [0.717, 1.165) is 224 Å². The maximum Gasteiger partial charge on any atom is 0.167 e. The van der Waals surface area contributed by atoms with Crippen molar-refractivity contribution >= 4 is 218 Å². The molecule has 0 unspecified atom stereocenters. The van der Waals surface area contributed by atoms with E-state index in [0.29, 0.717) is 51.7 Å². The van der Waals surface area contributed by atoms with Crippen molar-refractivity contribution in [3.05, 3.63) is 400 Å². The van der Waals surface area contributed by atoms with Crippen LogP contribution in [0, 0.1) is 0 Å². The molecule has 22 aromatic carbocycles. The first-order chi connectivity index (χ1) is 66.4. The summed E-state index contributed by atoms with van der Waals surface area (Å²) in [5, 5.41) is 29.8. The van der Waals surface area contributed by atoms with E-state index >= 15 is 0 Å². The second-order valence-electron chi connectivity index (χ2n) is 35.3. The predicted molar refractivity (Wildman–Crippen MR) is 549 cm³/mol. The van der Waals surface area contributed by atoms with Crippen molar-refractivity contribution in [3.63, 3.8) is 0 Å². The van der Waals surface area contributed by atoms with E-state index in [2.05, 4.69) is 349 Å². The van der Waals surface area contributed by atoms with Crippen LogP contribution in [-0.4, -0.2) is 39.0 Å². The van der Waals surface area contributed by atoms with Gasteiger partial charge in [-0.15, -0.1) is 0 Å². The van der Waals surface area contributed by atoms with Crippen LogP contribution in [0.4, 0.5) is 0 Å². The Balaban J connectivity index is 0.620. The molecule has 30 rings (SSSR count). The van der Waals surface area contributed by atoms with Crippen molar-refractivity contribution in [2.75, 3.05) is 0 Å². The highest BCUT2D eigenvalue weighted by Crippen LogP contribution is 2.51. The van der Waals surface area contributed by atoms with Crippen LogP contribution in [0.5, 0.6) is 0 Å². The molecule has 0 aliphatic heterocycles. The summed E-state index contributed by atoms with van der Waals surface area (Å²) in [7, 11) is 0. The molecule has 618 valence electrons. The lowest BCUT2D eigenvalue weighted by Crippen LogP contribution is -2.02. The van der Waals surface area contributed by atoms with E-state index in [4.69, 9.17) is 47.6 Å². The summed E-state index contributed by atoms with van der Waals surface area (Å²) >= 11 is 0. The van der Waals surface area contributed by atoms with E-state index in [-0.39, 0.29) is 0 Å². The predicted octanol–water partition coefficient (Wildman–Crippen LogP) is 32.7. The molecule has 0 bridgehead atoms. The molecule has 0 spiro atoms. The van der Waals surface area contributed by atoms with Crippen molar-refractivity contribution in [1.82, 2.24) is 39.0 Å². The van der Waals surface area contributed by atoms with Crippen LogP contribution in [-0.2, 0) is 0 Å². The summed E-state index contributed by atoms with van der Waals surface area (Å²) in [5.74, 6) is 2.93. The molecule has 8 aromatic heterocycles. The van der Waals surface area contributed by atoms with Crippen LogP contribution in [0.15, 0.2) is 418 Å². The van der Waals surface area contributed by atoms with Gasteiger partial charge in [-0.05, 0) is 213 Å². The topological polar surface area (TPSA) is 140 Å². The molecule has 0 saturated carbocycles. The van der Waals surface area contributed by atoms with Gasteiger partial charge in [0, 0.05) is 92.7 Å². The van der Waals surface area contributed by atoms with Gasteiger partial charge in [0.15, 0.2) is 34.9 Å². The zero-order chi connectivity index (χ0) is 87.2. The number of para-hydroxylation sites is 5. The van der Waals surface area contributed by atoms with Crippen LogP contribution in [0.2, 0.25) is 0 Å². The highest BCUT2D eigenvalue weighted by Gasteiger charge is 2.30. The van der Waals surface area contributed by atoms with Crippen molar-refractivity contribution in [1.29, 1.82) is 0 Å². The van der Waals surface area contributed by atoms with Gasteiger partial charge < -0.3 is 26.8 Å². The Hall–Kier alpha value is -18.3. The van der Waals surface area contributed by atoms with Gasteiger partial charge in [0.1, 0.15) is 44.7 Å². The van der Waals surface area contributed by atoms with Crippen molar-refractivity contribution < 1.29 is 17.7 Å². The van der Waals surface area contributed by atoms with Crippen LogP contribution in [0.25, 0.3) is 308 Å². The second kappa shape index (κ2) is 27.6. The minimum Gasteiger partial charge on any atom is -0.456 e. The minimum atomic E-state index is 0.456.